The number of hydrogen-bond acceptors (Lipinski definition) is 5. The number of hydrogen-bond donors (Lipinski definition) is 0. The second kappa shape index (κ2) is 5.07. The molecule has 0 unspecified atom stereocenters. The van der Waals surface area contributed by atoms with Gasteiger partial charge in [0, 0.05) is 24.2 Å². The van der Waals surface area contributed by atoms with Gasteiger partial charge in [-0.05, 0) is 32.1 Å². The molecule has 0 radical (unpaired) electrons. The number of imidazole rings is 1. The van der Waals surface area contributed by atoms with E-state index in [4.69, 9.17) is 0 Å². The SMILES string of the molecule is Cc1ncc(C)n2nc(/C=C/c3cn4c(n3)-c3ncccc3C4)nc12. The Labute approximate surface area is 143 Å². The number of aromatic nitrogens is 7. The van der Waals surface area contributed by atoms with Crippen molar-refractivity contribution in [3.8, 4) is 11.5 Å². The number of rotatable bonds is 2. The molecule has 0 N–H and O–H groups in total. The molecular formula is C18H15N7. The molecule has 0 spiro atoms. The molecule has 0 amide bonds. The van der Waals surface area contributed by atoms with Crippen LogP contribution in [0.15, 0.2) is 30.7 Å². The van der Waals surface area contributed by atoms with Crippen molar-refractivity contribution in [3.05, 3.63) is 59.2 Å². The van der Waals surface area contributed by atoms with Crippen LogP contribution in [0.3, 0.4) is 0 Å². The van der Waals surface area contributed by atoms with Crippen LogP contribution >= 0.6 is 0 Å². The summed E-state index contributed by atoms with van der Waals surface area (Å²) in [6.07, 6.45) is 9.44. The summed E-state index contributed by atoms with van der Waals surface area (Å²) in [4.78, 5) is 18.0. The minimum atomic E-state index is 0.644. The summed E-state index contributed by atoms with van der Waals surface area (Å²) >= 11 is 0. The van der Waals surface area contributed by atoms with E-state index in [-0.39, 0.29) is 0 Å². The van der Waals surface area contributed by atoms with Crippen molar-refractivity contribution >= 4 is 17.8 Å². The van der Waals surface area contributed by atoms with Crippen molar-refractivity contribution in [2.24, 2.45) is 0 Å². The molecule has 7 nitrogen and oxygen atoms in total. The molecule has 0 bridgehead atoms. The van der Waals surface area contributed by atoms with Crippen molar-refractivity contribution < 1.29 is 0 Å². The van der Waals surface area contributed by atoms with Crippen LogP contribution in [0.25, 0.3) is 29.3 Å². The van der Waals surface area contributed by atoms with Crippen LogP contribution in [0.1, 0.15) is 28.5 Å². The van der Waals surface area contributed by atoms with Gasteiger partial charge >= 0.3 is 0 Å². The lowest BCUT2D eigenvalue weighted by Crippen LogP contribution is -1.97. The summed E-state index contributed by atoms with van der Waals surface area (Å²) in [6, 6.07) is 4.05. The van der Waals surface area contributed by atoms with E-state index >= 15 is 0 Å². The quantitative estimate of drug-likeness (QED) is 0.497. The Hall–Kier alpha value is -3.35. The molecule has 5 rings (SSSR count). The molecule has 0 fully saturated rings. The highest BCUT2D eigenvalue weighted by atomic mass is 15.3. The number of fused-ring (bicyclic) bond motifs is 4. The fourth-order valence-electron chi connectivity index (χ4n) is 3.12. The average molecular weight is 329 g/mol. The largest absolute Gasteiger partial charge is 0.325 e. The molecule has 0 atom stereocenters. The highest BCUT2D eigenvalue weighted by Crippen LogP contribution is 2.29. The maximum atomic E-state index is 4.68. The van der Waals surface area contributed by atoms with Crippen LogP contribution in [0.5, 0.6) is 0 Å². The zero-order chi connectivity index (χ0) is 17.0. The monoisotopic (exact) mass is 329 g/mol. The van der Waals surface area contributed by atoms with Crippen molar-refractivity contribution in [2.75, 3.05) is 0 Å². The van der Waals surface area contributed by atoms with E-state index < -0.39 is 0 Å². The van der Waals surface area contributed by atoms with Crippen LogP contribution in [0, 0.1) is 13.8 Å². The second-order valence-corrected chi connectivity index (χ2v) is 6.15. The van der Waals surface area contributed by atoms with Gasteiger partial charge in [0.2, 0.25) is 0 Å². The van der Waals surface area contributed by atoms with Gasteiger partial charge in [0.25, 0.3) is 0 Å². The lowest BCUT2D eigenvalue weighted by atomic mass is 10.2. The lowest BCUT2D eigenvalue weighted by molar-refractivity contribution is 0.847. The molecule has 1 aliphatic heterocycles. The van der Waals surface area contributed by atoms with E-state index in [1.807, 2.05) is 42.8 Å². The van der Waals surface area contributed by atoms with Gasteiger partial charge in [-0.2, -0.15) is 0 Å². The van der Waals surface area contributed by atoms with Crippen molar-refractivity contribution in [1.29, 1.82) is 0 Å². The van der Waals surface area contributed by atoms with Crippen LogP contribution in [0.2, 0.25) is 0 Å². The Morgan fingerprint density at radius 3 is 2.92 bits per heavy atom. The first-order valence-corrected chi connectivity index (χ1v) is 8.07. The Morgan fingerprint density at radius 2 is 2.04 bits per heavy atom. The summed E-state index contributed by atoms with van der Waals surface area (Å²) in [7, 11) is 0. The zero-order valence-electron chi connectivity index (χ0n) is 13.9. The molecule has 5 heterocycles. The van der Waals surface area contributed by atoms with Crippen LogP contribution < -0.4 is 0 Å². The van der Waals surface area contributed by atoms with Crippen LogP contribution in [0.4, 0.5) is 0 Å². The maximum absolute atomic E-state index is 4.68. The number of aryl methyl sites for hydroxylation is 2. The van der Waals surface area contributed by atoms with Crippen molar-refractivity contribution in [2.45, 2.75) is 20.4 Å². The molecule has 0 saturated carbocycles. The van der Waals surface area contributed by atoms with Crippen molar-refractivity contribution in [3.63, 3.8) is 0 Å². The third-order valence-electron chi connectivity index (χ3n) is 4.37. The molecule has 0 aliphatic carbocycles. The Bertz CT molecular complexity index is 1110. The topological polar surface area (TPSA) is 73.8 Å². The first-order chi connectivity index (χ1) is 12.2. The van der Waals surface area contributed by atoms with Gasteiger partial charge in [-0.1, -0.05) is 6.07 Å². The van der Waals surface area contributed by atoms with Gasteiger partial charge in [0.1, 0.15) is 5.69 Å². The van der Waals surface area contributed by atoms with Gasteiger partial charge < -0.3 is 4.57 Å². The maximum Gasteiger partial charge on any atom is 0.177 e. The minimum absolute atomic E-state index is 0.644. The molecule has 25 heavy (non-hydrogen) atoms. The zero-order valence-corrected chi connectivity index (χ0v) is 13.9. The highest BCUT2D eigenvalue weighted by Gasteiger charge is 2.21. The Morgan fingerprint density at radius 1 is 1.12 bits per heavy atom. The summed E-state index contributed by atoms with van der Waals surface area (Å²) < 4.78 is 3.93. The van der Waals surface area contributed by atoms with E-state index in [0.717, 1.165) is 40.8 Å². The number of nitrogens with zero attached hydrogens (tertiary/aromatic N) is 7. The normalized spacial score (nSPS) is 12.9. The lowest BCUT2D eigenvalue weighted by Gasteiger charge is -1.97. The average Bonchev–Trinajstić information content (AvgIpc) is 3.29. The van der Waals surface area contributed by atoms with Gasteiger partial charge in [-0.3, -0.25) is 9.97 Å². The summed E-state index contributed by atoms with van der Waals surface area (Å²) in [6.45, 7) is 4.71. The van der Waals surface area contributed by atoms with E-state index in [0.29, 0.717) is 5.82 Å². The molecule has 4 aromatic heterocycles. The van der Waals surface area contributed by atoms with Crippen molar-refractivity contribution in [1.82, 2.24) is 34.1 Å². The fourth-order valence-corrected chi connectivity index (χ4v) is 3.12. The third-order valence-corrected chi connectivity index (χ3v) is 4.37. The Balaban J connectivity index is 1.49. The van der Waals surface area contributed by atoms with Gasteiger partial charge in [0.05, 0.1) is 23.6 Å². The highest BCUT2D eigenvalue weighted by molar-refractivity contribution is 5.69. The molecule has 7 heteroatoms. The first-order valence-electron chi connectivity index (χ1n) is 8.07. The molecule has 122 valence electrons. The predicted molar refractivity (Wildman–Crippen MR) is 93.7 cm³/mol. The minimum Gasteiger partial charge on any atom is -0.325 e. The third kappa shape index (κ3) is 2.16. The molecule has 1 aliphatic rings. The van der Waals surface area contributed by atoms with E-state index in [2.05, 4.69) is 35.7 Å². The summed E-state index contributed by atoms with van der Waals surface area (Å²) in [5.41, 5.74) is 5.64. The first kappa shape index (κ1) is 14.0. The Kier molecular flexibility index (Phi) is 2.85. The molecular weight excluding hydrogens is 314 g/mol. The molecule has 4 aromatic rings. The summed E-state index contributed by atoms with van der Waals surface area (Å²) in [5, 5.41) is 4.52. The van der Waals surface area contributed by atoms with Gasteiger partial charge in [-0.25, -0.2) is 14.5 Å². The smallest absolute Gasteiger partial charge is 0.177 e. The van der Waals surface area contributed by atoms with Gasteiger partial charge in [0.15, 0.2) is 17.3 Å². The molecule has 0 saturated heterocycles. The number of pyridine rings is 1. The summed E-state index contributed by atoms with van der Waals surface area (Å²) in [5.74, 6) is 1.56. The molecule has 0 aromatic carbocycles. The van der Waals surface area contributed by atoms with E-state index in [1.54, 1.807) is 12.4 Å². The van der Waals surface area contributed by atoms with Gasteiger partial charge in [-0.15, -0.1) is 5.10 Å². The van der Waals surface area contributed by atoms with E-state index in [9.17, 15) is 0 Å². The second-order valence-electron chi connectivity index (χ2n) is 6.15. The standard InChI is InChI=1S/C18H15N7/c1-11-8-20-12(2)17-22-15(23-25(11)17)6-5-14-10-24-9-13-4-3-7-19-16(13)18(24)21-14/h3-8,10H,9H2,1-2H3/b6-5+. The predicted octanol–water partition coefficient (Wildman–Crippen LogP) is 2.53. The fraction of sp³-hybridized carbons (Fsp3) is 0.167. The van der Waals surface area contributed by atoms with Crippen LogP contribution in [-0.4, -0.2) is 34.1 Å². The van der Waals surface area contributed by atoms with Crippen LogP contribution in [-0.2, 0) is 6.54 Å². The van der Waals surface area contributed by atoms with E-state index in [1.165, 1.54) is 5.56 Å².